The van der Waals surface area contributed by atoms with E-state index < -0.39 is 0 Å². The van der Waals surface area contributed by atoms with Gasteiger partial charge in [-0.3, -0.25) is 0 Å². The Balaban J connectivity index is 0.00000156. The summed E-state index contributed by atoms with van der Waals surface area (Å²) in [7, 11) is 1.64. The molecule has 2 aromatic heterocycles. The Morgan fingerprint density at radius 2 is 1.61 bits per heavy atom. The van der Waals surface area contributed by atoms with Gasteiger partial charge in [-0.25, -0.2) is 0 Å². The van der Waals surface area contributed by atoms with Crippen LogP contribution in [-0.2, 0) is 0 Å². The number of hydrogen-bond acceptors (Lipinski definition) is 3. The molecule has 4 rings (SSSR count). The van der Waals surface area contributed by atoms with Crippen LogP contribution in [0.4, 0.5) is 0 Å². The van der Waals surface area contributed by atoms with Gasteiger partial charge in [0.1, 0.15) is 17.2 Å². The maximum Gasteiger partial charge on any atom is 0.219 e. The number of aromatic nitrogens is 1. The highest BCUT2D eigenvalue weighted by atomic mass is 79.9. The number of aromatic hydroxyl groups is 2. The van der Waals surface area contributed by atoms with Crippen LogP contribution in [0.2, 0.25) is 0 Å². The lowest BCUT2D eigenvalue weighted by atomic mass is 10.1. The van der Waals surface area contributed by atoms with E-state index in [0.29, 0.717) is 10.8 Å². The van der Waals surface area contributed by atoms with Gasteiger partial charge < -0.3 is 31.9 Å². The van der Waals surface area contributed by atoms with Crippen LogP contribution in [0.3, 0.4) is 0 Å². The number of hydrogen-bond donors (Lipinski definition) is 2. The molecule has 5 heteroatoms. The molecule has 0 unspecified atom stereocenters. The molecule has 0 bridgehead atoms. The first kappa shape index (κ1) is 15.4. The van der Waals surface area contributed by atoms with Crippen LogP contribution < -0.4 is 26.1 Å². The van der Waals surface area contributed by atoms with Gasteiger partial charge in [-0.15, -0.1) is 0 Å². The molecule has 0 fully saturated rings. The van der Waals surface area contributed by atoms with Crippen LogP contribution in [0.15, 0.2) is 54.9 Å². The minimum atomic E-state index is 0. The van der Waals surface area contributed by atoms with Crippen LogP contribution in [0.25, 0.3) is 27.1 Å². The second-order valence-electron chi connectivity index (χ2n) is 5.27. The molecule has 0 aliphatic rings. The van der Waals surface area contributed by atoms with Crippen molar-refractivity contribution in [1.29, 1.82) is 0 Å². The summed E-state index contributed by atoms with van der Waals surface area (Å²) in [6.07, 6.45) is 3.75. The third-order valence-corrected chi connectivity index (χ3v) is 4.02. The van der Waals surface area contributed by atoms with Crippen molar-refractivity contribution in [2.45, 2.75) is 0 Å². The Bertz CT molecular complexity index is 1050. The topological polar surface area (TPSA) is 53.8 Å². The number of nitrogens with zero attached hydrogens (tertiary/aromatic N) is 1. The maximum atomic E-state index is 10.1. The predicted molar refractivity (Wildman–Crippen MR) is 84.5 cm³/mol. The molecule has 0 spiro atoms. The number of fused-ring (bicyclic) bond motifs is 4. The monoisotopic (exact) mass is 371 g/mol. The zero-order chi connectivity index (χ0) is 15.3. The van der Waals surface area contributed by atoms with E-state index in [0.717, 1.165) is 22.0 Å². The predicted octanol–water partition coefficient (Wildman–Crippen LogP) is 0.155. The number of ether oxygens (including phenoxy) is 1. The Labute approximate surface area is 143 Å². The van der Waals surface area contributed by atoms with E-state index in [4.69, 9.17) is 4.74 Å². The van der Waals surface area contributed by atoms with Gasteiger partial charge in [0, 0.05) is 17.5 Å². The zero-order valence-electron chi connectivity index (χ0n) is 12.3. The van der Waals surface area contributed by atoms with Crippen LogP contribution in [0, 0.1) is 0 Å². The lowest BCUT2D eigenvalue weighted by Crippen LogP contribution is -3.00. The van der Waals surface area contributed by atoms with Crippen molar-refractivity contribution in [2.24, 2.45) is 0 Å². The van der Waals surface area contributed by atoms with Gasteiger partial charge >= 0.3 is 0 Å². The smallest absolute Gasteiger partial charge is 0.219 e. The first-order valence-corrected chi connectivity index (χ1v) is 6.94. The number of halogens is 1. The minimum Gasteiger partial charge on any atom is -1.00 e. The van der Waals surface area contributed by atoms with Crippen molar-refractivity contribution >= 4 is 27.1 Å². The van der Waals surface area contributed by atoms with Crippen LogP contribution in [0.5, 0.6) is 17.2 Å². The summed E-state index contributed by atoms with van der Waals surface area (Å²) >= 11 is 0. The molecular weight excluding hydrogens is 358 g/mol. The van der Waals surface area contributed by atoms with Crippen molar-refractivity contribution in [3.05, 3.63) is 54.9 Å². The van der Waals surface area contributed by atoms with Crippen molar-refractivity contribution in [3.63, 3.8) is 0 Å². The largest absolute Gasteiger partial charge is 1.00 e. The molecular formula is C18H14BrNO3. The average Bonchev–Trinajstić information content (AvgIpc) is 2.56. The third kappa shape index (κ3) is 2.33. The highest BCUT2D eigenvalue weighted by Gasteiger charge is 2.14. The van der Waals surface area contributed by atoms with Crippen LogP contribution >= 0.6 is 0 Å². The number of rotatable bonds is 1. The third-order valence-electron chi connectivity index (χ3n) is 4.02. The van der Waals surface area contributed by atoms with Crippen LogP contribution in [-0.4, -0.2) is 17.3 Å². The quantitative estimate of drug-likeness (QED) is 0.217. The standard InChI is InChI=1S/C18H13NO3.BrH/c1-22-12-2-3-13-11(8-12)6-7-19-10-15-14(9-16(13)19)17(20)4-5-18(15)21;/h2-10,20H,1H3;1H. The van der Waals surface area contributed by atoms with Gasteiger partial charge in [-0.2, -0.15) is 4.40 Å². The molecule has 2 aromatic carbocycles. The summed E-state index contributed by atoms with van der Waals surface area (Å²) in [5, 5.41) is 23.4. The van der Waals surface area contributed by atoms with Crippen molar-refractivity contribution < 1.29 is 36.3 Å². The number of phenols is 2. The van der Waals surface area contributed by atoms with E-state index >= 15 is 0 Å². The van der Waals surface area contributed by atoms with Crippen molar-refractivity contribution in [3.8, 4) is 17.2 Å². The molecule has 0 atom stereocenters. The van der Waals surface area contributed by atoms with Gasteiger partial charge in [0.05, 0.1) is 17.9 Å². The molecule has 4 nitrogen and oxygen atoms in total. The maximum absolute atomic E-state index is 10.1. The summed E-state index contributed by atoms with van der Waals surface area (Å²) < 4.78 is 7.20. The van der Waals surface area contributed by atoms with E-state index in [1.165, 1.54) is 12.1 Å². The summed E-state index contributed by atoms with van der Waals surface area (Å²) in [6, 6.07) is 12.8. The number of phenolic OH excluding ortho intramolecular Hbond substituents is 2. The van der Waals surface area contributed by atoms with Crippen LogP contribution in [0.1, 0.15) is 0 Å². The lowest BCUT2D eigenvalue weighted by Gasteiger charge is -2.05. The van der Waals surface area contributed by atoms with Crippen molar-refractivity contribution in [1.82, 2.24) is 0 Å². The first-order valence-electron chi connectivity index (χ1n) is 6.94. The van der Waals surface area contributed by atoms with E-state index in [2.05, 4.69) is 0 Å². The first-order chi connectivity index (χ1) is 10.7. The SMILES string of the molecule is COc1ccc2c(cc[n+]3cc4c(O)ccc(O)c4cc23)c1.[Br-]. The Kier molecular flexibility index (Phi) is 3.74. The summed E-state index contributed by atoms with van der Waals surface area (Å²) in [5.74, 6) is 1.11. The summed E-state index contributed by atoms with van der Waals surface area (Å²) in [5.41, 5.74) is 0.952. The van der Waals surface area contributed by atoms with Gasteiger partial charge in [-0.1, -0.05) is 0 Å². The number of methoxy groups -OCH3 is 1. The Morgan fingerprint density at radius 3 is 2.35 bits per heavy atom. The minimum absolute atomic E-state index is 0. The molecule has 2 heterocycles. The molecule has 0 saturated heterocycles. The molecule has 23 heavy (non-hydrogen) atoms. The van der Waals surface area contributed by atoms with Crippen molar-refractivity contribution in [2.75, 3.05) is 7.11 Å². The lowest BCUT2D eigenvalue weighted by molar-refractivity contribution is -0.509. The highest BCUT2D eigenvalue weighted by molar-refractivity contribution is 6.00. The summed E-state index contributed by atoms with van der Waals surface area (Å²) in [4.78, 5) is 0. The molecule has 2 N–H and O–H groups in total. The van der Waals surface area contributed by atoms with E-state index in [-0.39, 0.29) is 28.5 Å². The molecule has 0 aliphatic carbocycles. The number of benzene rings is 2. The average molecular weight is 372 g/mol. The highest BCUT2D eigenvalue weighted by Crippen LogP contribution is 2.32. The van der Waals surface area contributed by atoms with E-state index in [1.807, 2.05) is 47.1 Å². The van der Waals surface area contributed by atoms with E-state index in [1.54, 1.807) is 7.11 Å². The summed E-state index contributed by atoms with van der Waals surface area (Å²) in [6.45, 7) is 0. The van der Waals surface area contributed by atoms with Gasteiger partial charge in [0.2, 0.25) is 5.52 Å². The second-order valence-corrected chi connectivity index (χ2v) is 5.27. The second kappa shape index (κ2) is 5.59. The molecule has 0 amide bonds. The molecule has 4 aromatic rings. The fourth-order valence-electron chi connectivity index (χ4n) is 2.86. The Hall–Kier alpha value is -2.53. The molecule has 0 radical (unpaired) electrons. The van der Waals surface area contributed by atoms with Gasteiger partial charge in [-0.05, 0) is 35.7 Å². The van der Waals surface area contributed by atoms with Gasteiger partial charge in [0.15, 0.2) is 12.4 Å². The molecule has 0 aliphatic heterocycles. The fourth-order valence-corrected chi connectivity index (χ4v) is 2.86. The normalized spacial score (nSPS) is 10.8. The van der Waals surface area contributed by atoms with E-state index in [9.17, 15) is 10.2 Å². The van der Waals surface area contributed by atoms with Gasteiger partial charge in [0.25, 0.3) is 0 Å². The Morgan fingerprint density at radius 1 is 0.870 bits per heavy atom. The molecule has 116 valence electrons. The fraction of sp³-hybridized carbons (Fsp3) is 0.0556. The number of pyridine rings is 2. The zero-order valence-corrected chi connectivity index (χ0v) is 13.9. The molecule has 0 saturated carbocycles.